The number of imide groups is 1. The molecule has 1 aromatic heterocycles. The molecule has 3 rings (SSSR count). The predicted octanol–water partition coefficient (Wildman–Crippen LogP) is 1.57. The van der Waals surface area contributed by atoms with Gasteiger partial charge in [-0.1, -0.05) is 0 Å². The maximum atomic E-state index is 12.4. The Hall–Kier alpha value is -2.91. The summed E-state index contributed by atoms with van der Waals surface area (Å²) < 4.78 is 5.19. The second-order valence-corrected chi connectivity index (χ2v) is 4.94. The van der Waals surface area contributed by atoms with Gasteiger partial charge in [-0.05, 0) is 36.4 Å². The fourth-order valence-corrected chi connectivity index (χ4v) is 2.38. The fraction of sp³-hybridized carbons (Fsp3) is 0.188. The van der Waals surface area contributed by atoms with Gasteiger partial charge in [-0.3, -0.25) is 14.9 Å². The SMILES string of the molecule is N#Cc1ccc(N2C(=O)CC(NCc3ccco3)C2=O)cc1. The maximum absolute atomic E-state index is 12.4. The number of carbonyl (C=O) groups excluding carboxylic acids is 2. The summed E-state index contributed by atoms with van der Waals surface area (Å²) >= 11 is 0. The Kier molecular flexibility index (Phi) is 3.73. The first kappa shape index (κ1) is 14.0. The standard InChI is InChI=1S/C16H13N3O3/c17-9-11-3-5-12(6-4-11)19-15(20)8-14(16(19)21)18-10-13-2-1-7-22-13/h1-7,14,18H,8,10H2. The van der Waals surface area contributed by atoms with Gasteiger partial charge < -0.3 is 4.42 Å². The van der Waals surface area contributed by atoms with Crippen molar-refractivity contribution in [2.24, 2.45) is 0 Å². The van der Waals surface area contributed by atoms with E-state index in [2.05, 4.69) is 5.32 Å². The first-order chi connectivity index (χ1) is 10.7. The quantitative estimate of drug-likeness (QED) is 0.865. The number of nitrogens with one attached hydrogen (secondary N) is 1. The Bertz CT molecular complexity index is 729. The van der Waals surface area contributed by atoms with E-state index >= 15 is 0 Å². The van der Waals surface area contributed by atoms with E-state index in [1.165, 1.54) is 0 Å². The van der Waals surface area contributed by atoms with Crippen LogP contribution >= 0.6 is 0 Å². The lowest BCUT2D eigenvalue weighted by Crippen LogP contribution is -2.38. The first-order valence-corrected chi connectivity index (χ1v) is 6.82. The molecule has 1 atom stereocenters. The second kappa shape index (κ2) is 5.84. The molecule has 0 aliphatic carbocycles. The molecule has 1 aliphatic heterocycles. The van der Waals surface area contributed by atoms with Crippen LogP contribution in [0.1, 0.15) is 17.7 Å². The van der Waals surface area contributed by atoms with E-state index in [4.69, 9.17) is 9.68 Å². The number of benzene rings is 1. The number of nitrogens with zero attached hydrogens (tertiary/aromatic N) is 2. The average molecular weight is 295 g/mol. The van der Waals surface area contributed by atoms with Crippen LogP contribution in [0.5, 0.6) is 0 Å². The number of nitriles is 1. The lowest BCUT2D eigenvalue weighted by molar-refractivity contribution is -0.121. The Morgan fingerprint density at radius 3 is 2.68 bits per heavy atom. The van der Waals surface area contributed by atoms with E-state index in [9.17, 15) is 9.59 Å². The van der Waals surface area contributed by atoms with Gasteiger partial charge in [0.1, 0.15) is 5.76 Å². The van der Waals surface area contributed by atoms with Gasteiger partial charge in [-0.25, -0.2) is 4.90 Å². The van der Waals surface area contributed by atoms with Gasteiger partial charge in [-0.2, -0.15) is 5.26 Å². The Labute approximate surface area is 126 Å². The molecule has 6 nitrogen and oxygen atoms in total. The lowest BCUT2D eigenvalue weighted by Gasteiger charge is -2.15. The first-order valence-electron chi connectivity index (χ1n) is 6.82. The molecule has 1 aromatic carbocycles. The minimum Gasteiger partial charge on any atom is -0.468 e. The number of hydrogen-bond acceptors (Lipinski definition) is 5. The van der Waals surface area contributed by atoms with Gasteiger partial charge >= 0.3 is 0 Å². The second-order valence-electron chi connectivity index (χ2n) is 4.94. The molecule has 0 saturated carbocycles. The van der Waals surface area contributed by atoms with Crippen molar-refractivity contribution in [3.05, 3.63) is 54.0 Å². The molecule has 6 heteroatoms. The van der Waals surface area contributed by atoms with E-state index in [1.807, 2.05) is 6.07 Å². The minimum absolute atomic E-state index is 0.111. The zero-order valence-electron chi connectivity index (χ0n) is 11.7. The lowest BCUT2D eigenvalue weighted by atomic mass is 10.2. The molecule has 1 fully saturated rings. The van der Waals surface area contributed by atoms with Crippen LogP contribution in [-0.2, 0) is 16.1 Å². The molecule has 2 amide bonds. The summed E-state index contributed by atoms with van der Waals surface area (Å²) in [6.07, 6.45) is 1.67. The van der Waals surface area contributed by atoms with E-state index in [0.717, 1.165) is 4.90 Å². The van der Waals surface area contributed by atoms with Crippen molar-refractivity contribution in [1.29, 1.82) is 5.26 Å². The van der Waals surface area contributed by atoms with E-state index in [1.54, 1.807) is 42.7 Å². The molecular formula is C16H13N3O3. The summed E-state index contributed by atoms with van der Waals surface area (Å²) in [4.78, 5) is 25.6. The van der Waals surface area contributed by atoms with Gasteiger partial charge in [-0.15, -0.1) is 0 Å². The van der Waals surface area contributed by atoms with Crippen molar-refractivity contribution in [2.45, 2.75) is 19.0 Å². The molecule has 22 heavy (non-hydrogen) atoms. The Morgan fingerprint density at radius 2 is 2.05 bits per heavy atom. The summed E-state index contributed by atoms with van der Waals surface area (Å²) in [7, 11) is 0. The average Bonchev–Trinajstić information content (AvgIpc) is 3.14. The third-order valence-corrected chi connectivity index (χ3v) is 3.50. The van der Waals surface area contributed by atoms with Crippen LogP contribution in [0.15, 0.2) is 47.1 Å². The number of amides is 2. The van der Waals surface area contributed by atoms with Crippen molar-refractivity contribution < 1.29 is 14.0 Å². The molecule has 1 saturated heterocycles. The third kappa shape index (κ3) is 2.62. The van der Waals surface area contributed by atoms with Crippen molar-refractivity contribution in [3.63, 3.8) is 0 Å². The highest BCUT2D eigenvalue weighted by Crippen LogP contribution is 2.23. The molecular weight excluding hydrogens is 282 g/mol. The smallest absolute Gasteiger partial charge is 0.251 e. The number of hydrogen-bond donors (Lipinski definition) is 1. The van der Waals surface area contributed by atoms with Crippen LogP contribution in [0.2, 0.25) is 0 Å². The van der Waals surface area contributed by atoms with Crippen molar-refractivity contribution in [3.8, 4) is 6.07 Å². The van der Waals surface area contributed by atoms with Crippen LogP contribution in [0, 0.1) is 11.3 Å². The molecule has 1 N–H and O–H groups in total. The van der Waals surface area contributed by atoms with Gasteiger partial charge in [0.25, 0.3) is 5.91 Å². The highest BCUT2D eigenvalue weighted by Gasteiger charge is 2.39. The van der Waals surface area contributed by atoms with Crippen LogP contribution in [0.4, 0.5) is 5.69 Å². The molecule has 0 radical (unpaired) electrons. The molecule has 1 unspecified atom stereocenters. The highest BCUT2D eigenvalue weighted by atomic mass is 16.3. The molecule has 2 aromatic rings. The highest BCUT2D eigenvalue weighted by molar-refractivity contribution is 6.22. The molecule has 1 aliphatic rings. The van der Waals surface area contributed by atoms with Crippen molar-refractivity contribution in [2.75, 3.05) is 4.90 Å². The van der Waals surface area contributed by atoms with Crippen LogP contribution < -0.4 is 10.2 Å². The predicted molar refractivity (Wildman–Crippen MR) is 77.6 cm³/mol. The summed E-state index contributed by atoms with van der Waals surface area (Å²) in [5, 5.41) is 11.8. The van der Waals surface area contributed by atoms with Crippen molar-refractivity contribution in [1.82, 2.24) is 5.32 Å². The van der Waals surface area contributed by atoms with E-state index in [0.29, 0.717) is 23.6 Å². The van der Waals surface area contributed by atoms with Crippen LogP contribution in [0.3, 0.4) is 0 Å². The van der Waals surface area contributed by atoms with E-state index < -0.39 is 6.04 Å². The Balaban J connectivity index is 1.72. The topological polar surface area (TPSA) is 86.3 Å². The summed E-state index contributed by atoms with van der Waals surface area (Å²) in [5.41, 5.74) is 0.964. The third-order valence-electron chi connectivity index (χ3n) is 3.50. The van der Waals surface area contributed by atoms with E-state index in [-0.39, 0.29) is 18.2 Å². The van der Waals surface area contributed by atoms with Gasteiger partial charge in [0, 0.05) is 0 Å². The summed E-state index contributed by atoms with van der Waals surface area (Å²) in [5.74, 6) is 0.157. The normalized spacial score (nSPS) is 17.8. The minimum atomic E-state index is -0.562. The molecule has 0 spiro atoms. The number of anilines is 1. The number of rotatable bonds is 4. The van der Waals surface area contributed by atoms with Gasteiger partial charge in [0.05, 0.1) is 42.6 Å². The monoisotopic (exact) mass is 295 g/mol. The number of carbonyl (C=O) groups is 2. The number of furan rings is 1. The molecule has 0 bridgehead atoms. The van der Waals surface area contributed by atoms with Gasteiger partial charge in [0.15, 0.2) is 0 Å². The zero-order valence-corrected chi connectivity index (χ0v) is 11.7. The molecule has 2 heterocycles. The largest absolute Gasteiger partial charge is 0.468 e. The fourth-order valence-electron chi connectivity index (χ4n) is 2.38. The summed E-state index contributed by atoms with van der Waals surface area (Å²) in [6, 6.07) is 11.4. The van der Waals surface area contributed by atoms with Gasteiger partial charge in [0.2, 0.25) is 5.91 Å². The Morgan fingerprint density at radius 1 is 1.27 bits per heavy atom. The molecule has 110 valence electrons. The zero-order chi connectivity index (χ0) is 15.5. The van der Waals surface area contributed by atoms with Crippen LogP contribution in [-0.4, -0.2) is 17.9 Å². The van der Waals surface area contributed by atoms with Crippen molar-refractivity contribution >= 4 is 17.5 Å². The maximum Gasteiger partial charge on any atom is 0.251 e. The van der Waals surface area contributed by atoms with Crippen LogP contribution in [0.25, 0.3) is 0 Å². The summed E-state index contributed by atoms with van der Waals surface area (Å²) in [6.45, 7) is 0.387.